The number of fused-ring (bicyclic) bond motifs is 1. The van der Waals surface area contributed by atoms with Gasteiger partial charge in [-0.25, -0.2) is 13.9 Å². The maximum Gasteiger partial charge on any atom is 0.418 e. The Balaban J connectivity index is 1.74. The number of carbonyl (C=O) groups excluding carboxylic acids is 1. The van der Waals surface area contributed by atoms with Crippen molar-refractivity contribution >= 4 is 17.2 Å². The van der Waals surface area contributed by atoms with Crippen LogP contribution in [-0.2, 0) is 6.18 Å². The number of amides is 1. The van der Waals surface area contributed by atoms with E-state index in [1.54, 1.807) is 12.1 Å². The van der Waals surface area contributed by atoms with Gasteiger partial charge in [0.2, 0.25) is 5.88 Å². The van der Waals surface area contributed by atoms with Gasteiger partial charge in [0.25, 0.3) is 5.91 Å². The normalized spacial score (nSPS) is 11.5. The summed E-state index contributed by atoms with van der Waals surface area (Å²) in [5.74, 6) is -1.47. The Morgan fingerprint density at radius 2 is 1.91 bits per heavy atom. The highest BCUT2D eigenvalue weighted by atomic mass is 19.4. The lowest BCUT2D eigenvalue weighted by Gasteiger charge is -2.15. The van der Waals surface area contributed by atoms with Crippen LogP contribution in [-0.4, -0.2) is 27.1 Å². The van der Waals surface area contributed by atoms with Gasteiger partial charge in [0, 0.05) is 11.6 Å². The number of imidazole rings is 1. The fourth-order valence-corrected chi connectivity index (χ4v) is 3.12. The standard InChI is InChI=1S/C22H16F4N4O2/c1-2-32-20-10-9-19-27-18(12-30(19)29-20)13-7-8-15(22(24,25)26)17(11-13)28-21(31)14-5-3-4-6-16(14)23/h3-12H,2H2,1H3,(H,28,31). The SMILES string of the molecule is CCOc1ccc2nc(-c3ccc(C(F)(F)F)c(NC(=O)c4ccccc4F)c3)cn2n1. The van der Waals surface area contributed by atoms with Gasteiger partial charge in [0.1, 0.15) is 5.82 Å². The molecule has 32 heavy (non-hydrogen) atoms. The molecule has 0 aliphatic heterocycles. The molecule has 4 aromatic rings. The molecular weight excluding hydrogens is 428 g/mol. The van der Waals surface area contributed by atoms with Crippen LogP contribution in [0, 0.1) is 5.82 Å². The fourth-order valence-electron chi connectivity index (χ4n) is 3.12. The molecule has 0 unspecified atom stereocenters. The van der Waals surface area contributed by atoms with Crippen LogP contribution >= 0.6 is 0 Å². The van der Waals surface area contributed by atoms with Gasteiger partial charge in [-0.1, -0.05) is 18.2 Å². The van der Waals surface area contributed by atoms with E-state index in [-0.39, 0.29) is 5.56 Å². The van der Waals surface area contributed by atoms with Crippen molar-refractivity contribution in [1.82, 2.24) is 14.6 Å². The number of hydrogen-bond donors (Lipinski definition) is 1. The number of aromatic nitrogens is 3. The van der Waals surface area contributed by atoms with Gasteiger partial charge in [-0.2, -0.15) is 13.2 Å². The number of halogens is 4. The van der Waals surface area contributed by atoms with E-state index < -0.39 is 29.2 Å². The van der Waals surface area contributed by atoms with Crippen LogP contribution in [0.25, 0.3) is 16.9 Å². The molecule has 0 saturated heterocycles. The summed E-state index contributed by atoms with van der Waals surface area (Å²) in [6, 6.07) is 11.5. The van der Waals surface area contributed by atoms with Crippen molar-refractivity contribution in [2.75, 3.05) is 11.9 Å². The minimum atomic E-state index is -4.73. The molecule has 6 nitrogen and oxygen atoms in total. The maximum atomic E-state index is 13.9. The number of nitrogens with one attached hydrogen (secondary N) is 1. The predicted octanol–water partition coefficient (Wildman–Crippen LogP) is 5.21. The van der Waals surface area contributed by atoms with Gasteiger partial charge in [0.05, 0.1) is 35.3 Å². The summed E-state index contributed by atoms with van der Waals surface area (Å²) in [6.45, 7) is 2.23. The van der Waals surface area contributed by atoms with Gasteiger partial charge >= 0.3 is 6.18 Å². The number of ether oxygens (including phenoxy) is 1. The average Bonchev–Trinajstić information content (AvgIpc) is 3.17. The highest BCUT2D eigenvalue weighted by molar-refractivity contribution is 6.05. The molecule has 0 radical (unpaired) electrons. The molecule has 1 N–H and O–H groups in total. The zero-order chi connectivity index (χ0) is 22.9. The fraction of sp³-hybridized carbons (Fsp3) is 0.136. The van der Waals surface area contributed by atoms with Crippen molar-refractivity contribution in [2.45, 2.75) is 13.1 Å². The Kier molecular flexibility index (Phi) is 5.52. The Hall–Kier alpha value is -3.95. The third-order valence-corrected chi connectivity index (χ3v) is 4.58. The van der Waals surface area contributed by atoms with Crippen LogP contribution < -0.4 is 10.1 Å². The first-order valence-electron chi connectivity index (χ1n) is 9.53. The van der Waals surface area contributed by atoms with Gasteiger partial charge in [-0.15, -0.1) is 5.10 Å². The molecule has 4 rings (SSSR count). The van der Waals surface area contributed by atoms with Gasteiger partial charge in [-0.3, -0.25) is 4.79 Å². The second kappa shape index (κ2) is 8.29. The molecule has 0 spiro atoms. The maximum absolute atomic E-state index is 13.9. The monoisotopic (exact) mass is 444 g/mol. The Morgan fingerprint density at radius 3 is 2.62 bits per heavy atom. The van der Waals surface area contributed by atoms with Crippen LogP contribution in [0.2, 0.25) is 0 Å². The summed E-state index contributed by atoms with van der Waals surface area (Å²) in [4.78, 5) is 16.8. The van der Waals surface area contributed by atoms with Crippen molar-refractivity contribution in [3.8, 4) is 17.1 Å². The van der Waals surface area contributed by atoms with Crippen LogP contribution in [0.5, 0.6) is 5.88 Å². The molecule has 10 heteroatoms. The minimum Gasteiger partial charge on any atom is -0.477 e. The van der Waals surface area contributed by atoms with Crippen LogP contribution in [0.1, 0.15) is 22.8 Å². The van der Waals surface area contributed by atoms with E-state index in [0.29, 0.717) is 29.4 Å². The molecule has 1 amide bonds. The largest absolute Gasteiger partial charge is 0.477 e. The Labute approximate surface area is 179 Å². The van der Waals surface area contributed by atoms with Crippen molar-refractivity contribution in [3.63, 3.8) is 0 Å². The first-order valence-corrected chi connectivity index (χ1v) is 9.53. The molecule has 0 fully saturated rings. The van der Waals surface area contributed by atoms with Gasteiger partial charge in [0.15, 0.2) is 5.65 Å². The smallest absolute Gasteiger partial charge is 0.418 e. The van der Waals surface area contributed by atoms with Gasteiger partial charge < -0.3 is 10.1 Å². The lowest BCUT2D eigenvalue weighted by atomic mass is 10.1. The van der Waals surface area contributed by atoms with E-state index in [1.807, 2.05) is 6.92 Å². The summed E-state index contributed by atoms with van der Waals surface area (Å²) in [5.41, 5.74) is -0.840. The van der Waals surface area contributed by atoms with Crippen molar-refractivity contribution < 1.29 is 27.1 Å². The van der Waals surface area contributed by atoms with E-state index >= 15 is 0 Å². The topological polar surface area (TPSA) is 68.5 Å². The molecular formula is C22H16F4N4O2. The average molecular weight is 444 g/mol. The van der Waals surface area contributed by atoms with E-state index in [9.17, 15) is 22.4 Å². The molecule has 164 valence electrons. The van der Waals surface area contributed by atoms with E-state index in [4.69, 9.17) is 4.74 Å². The second-order valence-corrected chi connectivity index (χ2v) is 6.73. The molecule has 2 heterocycles. The third kappa shape index (κ3) is 4.25. The summed E-state index contributed by atoms with van der Waals surface area (Å²) in [6.07, 6.45) is -3.20. The predicted molar refractivity (Wildman–Crippen MR) is 109 cm³/mol. The lowest BCUT2D eigenvalue weighted by Crippen LogP contribution is -2.17. The molecule has 2 aromatic carbocycles. The summed E-state index contributed by atoms with van der Waals surface area (Å²) in [5, 5.41) is 6.40. The molecule has 0 aliphatic rings. The number of nitrogens with zero attached hydrogens (tertiary/aromatic N) is 3. The quantitative estimate of drug-likeness (QED) is 0.430. The molecule has 2 aromatic heterocycles. The Bertz CT molecular complexity index is 1300. The van der Waals surface area contributed by atoms with Crippen molar-refractivity contribution in [2.24, 2.45) is 0 Å². The number of anilines is 1. The van der Waals surface area contributed by atoms with Crippen LogP contribution in [0.4, 0.5) is 23.2 Å². The first kappa shape index (κ1) is 21.3. The number of hydrogen-bond acceptors (Lipinski definition) is 4. The van der Waals surface area contributed by atoms with Crippen molar-refractivity contribution in [3.05, 3.63) is 77.7 Å². The number of rotatable bonds is 5. The van der Waals surface area contributed by atoms with E-state index in [0.717, 1.165) is 18.2 Å². The number of benzene rings is 2. The van der Waals surface area contributed by atoms with Gasteiger partial charge in [-0.05, 0) is 37.3 Å². The second-order valence-electron chi connectivity index (χ2n) is 6.73. The zero-order valence-electron chi connectivity index (χ0n) is 16.7. The van der Waals surface area contributed by atoms with Crippen LogP contribution in [0.15, 0.2) is 60.8 Å². The lowest BCUT2D eigenvalue weighted by molar-refractivity contribution is -0.136. The van der Waals surface area contributed by atoms with Crippen molar-refractivity contribution in [1.29, 1.82) is 0 Å². The highest BCUT2D eigenvalue weighted by Crippen LogP contribution is 2.37. The molecule has 0 aliphatic carbocycles. The van der Waals surface area contributed by atoms with E-state index in [2.05, 4.69) is 15.4 Å². The number of carbonyl (C=O) groups is 1. The molecule has 0 atom stereocenters. The summed E-state index contributed by atoms with van der Waals surface area (Å²) in [7, 11) is 0. The Morgan fingerprint density at radius 1 is 1.12 bits per heavy atom. The van der Waals surface area contributed by atoms with E-state index in [1.165, 1.54) is 35.0 Å². The number of alkyl halides is 3. The third-order valence-electron chi connectivity index (χ3n) is 4.58. The minimum absolute atomic E-state index is 0.310. The summed E-state index contributed by atoms with van der Waals surface area (Å²) < 4.78 is 61.3. The highest BCUT2D eigenvalue weighted by Gasteiger charge is 2.34. The zero-order valence-corrected chi connectivity index (χ0v) is 16.7. The van der Waals surface area contributed by atoms with Crippen LogP contribution in [0.3, 0.4) is 0 Å². The molecule has 0 saturated carbocycles. The molecule has 0 bridgehead atoms. The first-order chi connectivity index (χ1) is 15.3. The summed E-state index contributed by atoms with van der Waals surface area (Å²) >= 11 is 0.